The summed E-state index contributed by atoms with van der Waals surface area (Å²) < 4.78 is 40.4. The maximum Gasteiger partial charge on any atom is 0.573 e. The Labute approximate surface area is 157 Å². The van der Waals surface area contributed by atoms with E-state index in [0.29, 0.717) is 5.56 Å². The van der Waals surface area contributed by atoms with Crippen LogP contribution >= 0.6 is 0 Å². The number of alkyl halides is 3. The molecule has 0 aliphatic carbocycles. The van der Waals surface area contributed by atoms with E-state index in [1.807, 2.05) is 4.90 Å². The molecule has 2 aliphatic heterocycles. The molecule has 1 atom stereocenters. The van der Waals surface area contributed by atoms with Crippen LogP contribution in [0.15, 0.2) is 30.3 Å². The second-order valence-corrected chi connectivity index (χ2v) is 7.14. The van der Waals surface area contributed by atoms with Gasteiger partial charge in [-0.05, 0) is 62.5 Å². The molecule has 1 unspecified atom stereocenters. The Morgan fingerprint density at radius 1 is 1.07 bits per heavy atom. The number of halogens is 3. The summed E-state index contributed by atoms with van der Waals surface area (Å²) in [4.78, 5) is 16.9. The summed E-state index contributed by atoms with van der Waals surface area (Å²) >= 11 is 0. The van der Waals surface area contributed by atoms with Gasteiger partial charge in [0.05, 0.1) is 0 Å². The van der Waals surface area contributed by atoms with Gasteiger partial charge in [0.2, 0.25) is 5.91 Å². The van der Waals surface area contributed by atoms with Gasteiger partial charge in [-0.15, -0.1) is 13.2 Å². The van der Waals surface area contributed by atoms with E-state index >= 15 is 0 Å². The topological polar surface area (TPSA) is 32.8 Å². The number of nitrogens with zero attached hydrogens (tertiary/aromatic N) is 2. The van der Waals surface area contributed by atoms with Gasteiger partial charge < -0.3 is 14.5 Å². The van der Waals surface area contributed by atoms with Gasteiger partial charge in [-0.25, -0.2) is 0 Å². The van der Waals surface area contributed by atoms with E-state index in [1.54, 1.807) is 6.08 Å². The lowest BCUT2D eigenvalue weighted by atomic mass is 10.1. The molecule has 7 heteroatoms. The number of carbonyl (C=O) groups excluding carboxylic acids is 1. The van der Waals surface area contributed by atoms with E-state index < -0.39 is 6.36 Å². The molecule has 3 rings (SSSR count). The van der Waals surface area contributed by atoms with E-state index in [-0.39, 0.29) is 17.7 Å². The highest BCUT2D eigenvalue weighted by Crippen LogP contribution is 2.24. The van der Waals surface area contributed by atoms with E-state index in [4.69, 9.17) is 0 Å². The molecule has 1 aromatic carbocycles. The van der Waals surface area contributed by atoms with E-state index in [1.165, 1.54) is 49.6 Å². The van der Waals surface area contributed by atoms with Crippen LogP contribution in [-0.4, -0.2) is 54.3 Å². The normalized spacial score (nSPS) is 21.7. The Balaban J connectivity index is 1.55. The number of benzene rings is 1. The standard InChI is InChI=1S/C20H25F3N2O2/c21-20(22,23)27-18-9-6-16(7-10-18)8-11-19(26)25-14-4-5-17(25)15-24-12-2-1-3-13-24/h6-11,17H,1-5,12-15H2/b11-8+. The van der Waals surface area contributed by atoms with Crippen molar-refractivity contribution in [2.45, 2.75) is 44.5 Å². The van der Waals surface area contributed by atoms with Crippen molar-refractivity contribution < 1.29 is 22.7 Å². The Hall–Kier alpha value is -2.02. The van der Waals surface area contributed by atoms with Crippen LogP contribution in [-0.2, 0) is 4.79 Å². The fourth-order valence-corrected chi connectivity index (χ4v) is 3.80. The number of carbonyl (C=O) groups is 1. The average Bonchev–Trinajstić information content (AvgIpc) is 3.09. The van der Waals surface area contributed by atoms with Crippen LogP contribution in [0.1, 0.15) is 37.7 Å². The summed E-state index contributed by atoms with van der Waals surface area (Å²) in [5.74, 6) is -0.308. The number of piperidine rings is 1. The first-order valence-corrected chi connectivity index (χ1v) is 9.47. The SMILES string of the molecule is O=C(/C=C/c1ccc(OC(F)(F)F)cc1)N1CCCC1CN1CCCCC1. The van der Waals surface area contributed by atoms with Gasteiger partial charge in [0.25, 0.3) is 0 Å². The van der Waals surface area contributed by atoms with Crippen LogP contribution in [0.25, 0.3) is 6.08 Å². The molecule has 0 radical (unpaired) electrons. The van der Waals surface area contributed by atoms with E-state index in [2.05, 4.69) is 9.64 Å². The van der Waals surface area contributed by atoms with Gasteiger partial charge in [0.15, 0.2) is 0 Å². The lowest BCUT2D eigenvalue weighted by Crippen LogP contribution is -2.44. The molecule has 27 heavy (non-hydrogen) atoms. The highest BCUT2D eigenvalue weighted by molar-refractivity contribution is 5.92. The zero-order valence-corrected chi connectivity index (χ0v) is 15.3. The molecule has 148 valence electrons. The summed E-state index contributed by atoms with van der Waals surface area (Å²) in [5, 5.41) is 0. The number of hydrogen-bond acceptors (Lipinski definition) is 3. The van der Waals surface area contributed by atoms with Crippen LogP contribution in [0.5, 0.6) is 5.75 Å². The van der Waals surface area contributed by atoms with Crippen molar-refractivity contribution in [3.05, 3.63) is 35.9 Å². The maximum absolute atomic E-state index is 12.6. The molecule has 1 amide bonds. The third kappa shape index (κ3) is 5.99. The van der Waals surface area contributed by atoms with Crippen LogP contribution in [0.3, 0.4) is 0 Å². The second-order valence-electron chi connectivity index (χ2n) is 7.14. The molecular weight excluding hydrogens is 357 g/mol. The highest BCUT2D eigenvalue weighted by atomic mass is 19.4. The third-order valence-electron chi connectivity index (χ3n) is 5.11. The van der Waals surface area contributed by atoms with Gasteiger partial charge in [-0.1, -0.05) is 18.6 Å². The van der Waals surface area contributed by atoms with Gasteiger partial charge >= 0.3 is 6.36 Å². The first-order valence-electron chi connectivity index (χ1n) is 9.47. The van der Waals surface area contributed by atoms with Crippen molar-refractivity contribution in [1.29, 1.82) is 0 Å². The monoisotopic (exact) mass is 382 g/mol. The van der Waals surface area contributed by atoms with Crippen molar-refractivity contribution in [3.8, 4) is 5.75 Å². The largest absolute Gasteiger partial charge is 0.573 e. The van der Waals surface area contributed by atoms with E-state index in [9.17, 15) is 18.0 Å². The van der Waals surface area contributed by atoms with Crippen LogP contribution < -0.4 is 4.74 Å². The predicted octanol–water partition coefficient (Wildman–Crippen LogP) is 4.08. The van der Waals surface area contributed by atoms with Crippen molar-refractivity contribution in [2.24, 2.45) is 0 Å². The summed E-state index contributed by atoms with van der Waals surface area (Å²) in [5.41, 5.74) is 0.657. The lowest BCUT2D eigenvalue weighted by molar-refractivity contribution is -0.274. The van der Waals surface area contributed by atoms with Gasteiger partial charge in [-0.2, -0.15) is 0 Å². The molecule has 2 aliphatic rings. The first-order chi connectivity index (χ1) is 12.9. The van der Waals surface area contributed by atoms with Crippen molar-refractivity contribution in [2.75, 3.05) is 26.2 Å². The van der Waals surface area contributed by atoms with Crippen LogP contribution in [0.2, 0.25) is 0 Å². The molecule has 0 N–H and O–H groups in total. The highest BCUT2D eigenvalue weighted by Gasteiger charge is 2.31. The zero-order valence-electron chi connectivity index (χ0n) is 15.3. The molecule has 0 saturated carbocycles. The zero-order chi connectivity index (χ0) is 19.3. The maximum atomic E-state index is 12.6. The predicted molar refractivity (Wildman–Crippen MR) is 97.2 cm³/mol. The van der Waals surface area contributed by atoms with Crippen molar-refractivity contribution in [3.63, 3.8) is 0 Å². The Kier molecular flexibility index (Phi) is 6.42. The number of likely N-dealkylation sites (tertiary alicyclic amines) is 2. The van der Waals surface area contributed by atoms with Gasteiger partial charge in [-0.3, -0.25) is 4.79 Å². The molecular formula is C20H25F3N2O2. The summed E-state index contributed by atoms with van der Waals surface area (Å²) in [6.07, 6.45) is 4.24. The molecule has 0 aromatic heterocycles. The van der Waals surface area contributed by atoms with E-state index in [0.717, 1.165) is 39.0 Å². The molecule has 2 fully saturated rings. The fourth-order valence-electron chi connectivity index (χ4n) is 3.80. The molecule has 2 saturated heterocycles. The molecule has 1 aromatic rings. The summed E-state index contributed by atoms with van der Waals surface area (Å²) in [7, 11) is 0. The first kappa shape index (κ1) is 19.7. The lowest BCUT2D eigenvalue weighted by Gasteiger charge is -2.32. The van der Waals surface area contributed by atoms with Crippen LogP contribution in [0, 0.1) is 0 Å². The van der Waals surface area contributed by atoms with Gasteiger partial charge in [0.1, 0.15) is 5.75 Å². The molecule has 2 heterocycles. The summed E-state index contributed by atoms with van der Waals surface area (Å²) in [6, 6.07) is 5.74. The Morgan fingerprint density at radius 3 is 2.44 bits per heavy atom. The second kappa shape index (κ2) is 8.78. The third-order valence-corrected chi connectivity index (χ3v) is 5.11. The van der Waals surface area contributed by atoms with Crippen molar-refractivity contribution >= 4 is 12.0 Å². The smallest absolute Gasteiger partial charge is 0.406 e. The fraction of sp³-hybridized carbons (Fsp3) is 0.550. The number of rotatable bonds is 5. The quantitative estimate of drug-likeness (QED) is 0.720. The minimum atomic E-state index is -4.70. The number of amides is 1. The minimum Gasteiger partial charge on any atom is -0.406 e. The molecule has 0 bridgehead atoms. The van der Waals surface area contributed by atoms with Crippen LogP contribution in [0.4, 0.5) is 13.2 Å². The summed E-state index contributed by atoms with van der Waals surface area (Å²) in [6.45, 7) is 3.92. The molecule has 0 spiro atoms. The number of hydrogen-bond donors (Lipinski definition) is 0. The average molecular weight is 382 g/mol. The van der Waals surface area contributed by atoms with Crippen molar-refractivity contribution in [1.82, 2.24) is 9.80 Å². The Morgan fingerprint density at radius 2 is 1.78 bits per heavy atom. The van der Waals surface area contributed by atoms with Gasteiger partial charge in [0, 0.05) is 25.2 Å². The Bertz CT molecular complexity index is 652. The number of ether oxygens (including phenoxy) is 1. The minimum absolute atomic E-state index is 0.0369. The molecule has 4 nitrogen and oxygen atoms in total.